The van der Waals surface area contributed by atoms with Gasteiger partial charge in [-0.15, -0.1) is 0 Å². The zero-order chi connectivity index (χ0) is 9.64. The average molecular weight is 195 g/mol. The summed E-state index contributed by atoms with van der Waals surface area (Å²) in [6.07, 6.45) is 3.02. The first kappa shape index (κ1) is 9.55. The minimum atomic E-state index is 0.506. The molecule has 0 amide bonds. The van der Waals surface area contributed by atoms with Crippen molar-refractivity contribution in [2.45, 2.75) is 12.5 Å². The van der Waals surface area contributed by atoms with Crippen molar-refractivity contribution in [1.29, 1.82) is 0 Å². The van der Waals surface area contributed by atoms with E-state index in [-0.39, 0.29) is 0 Å². The minimum absolute atomic E-state index is 0.506. The van der Waals surface area contributed by atoms with Crippen LogP contribution in [-0.2, 0) is 4.74 Å². The average Bonchev–Trinajstić information content (AvgIpc) is 2.72. The highest BCUT2D eigenvalue weighted by Gasteiger charge is 2.11. The lowest BCUT2D eigenvalue weighted by atomic mass is 10.2. The van der Waals surface area contributed by atoms with E-state index >= 15 is 0 Å². The number of hydrogen-bond donors (Lipinski definition) is 3. The van der Waals surface area contributed by atoms with Gasteiger partial charge in [0.25, 0.3) is 0 Å². The Balaban J connectivity index is 1.62. The van der Waals surface area contributed by atoms with Gasteiger partial charge in [0, 0.05) is 25.3 Å². The van der Waals surface area contributed by atoms with Crippen LogP contribution in [0.1, 0.15) is 6.42 Å². The maximum atomic E-state index is 5.37. The van der Waals surface area contributed by atoms with Gasteiger partial charge >= 0.3 is 0 Å². The number of H-pyrrole nitrogens is 1. The molecule has 1 fully saturated rings. The highest BCUT2D eigenvalue weighted by atomic mass is 16.5. The Hall–Kier alpha value is -1.00. The number of anilines is 1. The lowest BCUT2D eigenvalue weighted by molar-refractivity contribution is 0.0753. The first-order valence-electron chi connectivity index (χ1n) is 5.13. The van der Waals surface area contributed by atoms with Crippen LogP contribution in [0.4, 0.5) is 5.82 Å². The van der Waals surface area contributed by atoms with Crippen molar-refractivity contribution in [2.24, 2.45) is 0 Å². The van der Waals surface area contributed by atoms with Gasteiger partial charge in [-0.3, -0.25) is 0 Å². The van der Waals surface area contributed by atoms with Crippen molar-refractivity contribution in [2.75, 3.05) is 31.6 Å². The molecule has 0 saturated carbocycles. The van der Waals surface area contributed by atoms with Gasteiger partial charge in [0.05, 0.1) is 13.2 Å². The molecule has 0 radical (unpaired) electrons. The van der Waals surface area contributed by atoms with E-state index in [1.165, 1.54) is 0 Å². The summed E-state index contributed by atoms with van der Waals surface area (Å²) in [6.45, 7) is 3.64. The largest absolute Gasteiger partial charge is 0.379 e. The van der Waals surface area contributed by atoms with Crippen molar-refractivity contribution < 1.29 is 4.74 Å². The Morgan fingerprint density at radius 1 is 1.57 bits per heavy atom. The molecule has 1 aliphatic heterocycles. The third-order valence-corrected chi connectivity index (χ3v) is 2.40. The first-order chi connectivity index (χ1) is 6.95. The zero-order valence-electron chi connectivity index (χ0n) is 8.25. The van der Waals surface area contributed by atoms with Crippen molar-refractivity contribution in [3.63, 3.8) is 0 Å². The Morgan fingerprint density at radius 2 is 2.57 bits per heavy atom. The van der Waals surface area contributed by atoms with Crippen molar-refractivity contribution in [3.8, 4) is 0 Å². The SMILES string of the molecule is c1c[nH]c(NCCC2COCCN2)c1. The van der Waals surface area contributed by atoms with E-state index in [4.69, 9.17) is 4.74 Å². The summed E-state index contributed by atoms with van der Waals surface area (Å²) >= 11 is 0. The summed E-state index contributed by atoms with van der Waals surface area (Å²) in [5.41, 5.74) is 0. The van der Waals surface area contributed by atoms with Gasteiger partial charge in [-0.25, -0.2) is 0 Å². The molecule has 14 heavy (non-hydrogen) atoms. The molecule has 1 unspecified atom stereocenters. The van der Waals surface area contributed by atoms with Gasteiger partial charge in [0.15, 0.2) is 0 Å². The fourth-order valence-electron chi connectivity index (χ4n) is 1.63. The van der Waals surface area contributed by atoms with Gasteiger partial charge < -0.3 is 20.4 Å². The normalized spacial score (nSPS) is 22.1. The third kappa shape index (κ3) is 2.75. The molecule has 0 spiro atoms. The Labute approximate surface area is 84.0 Å². The number of morpholine rings is 1. The lowest BCUT2D eigenvalue weighted by Gasteiger charge is -2.23. The predicted molar refractivity (Wildman–Crippen MR) is 56.5 cm³/mol. The van der Waals surface area contributed by atoms with Crippen LogP contribution in [0.3, 0.4) is 0 Å². The monoisotopic (exact) mass is 195 g/mol. The molecule has 1 aromatic heterocycles. The molecule has 4 nitrogen and oxygen atoms in total. The van der Waals surface area contributed by atoms with Crippen LogP contribution in [0.25, 0.3) is 0 Å². The second-order valence-corrected chi connectivity index (χ2v) is 3.53. The van der Waals surface area contributed by atoms with E-state index < -0.39 is 0 Å². The van der Waals surface area contributed by atoms with Crippen molar-refractivity contribution in [1.82, 2.24) is 10.3 Å². The molecule has 3 N–H and O–H groups in total. The number of hydrogen-bond acceptors (Lipinski definition) is 3. The topological polar surface area (TPSA) is 49.1 Å². The Morgan fingerprint density at radius 3 is 3.29 bits per heavy atom. The highest BCUT2D eigenvalue weighted by Crippen LogP contribution is 2.03. The van der Waals surface area contributed by atoms with Crippen LogP contribution in [0.2, 0.25) is 0 Å². The van der Waals surface area contributed by atoms with Gasteiger partial charge in [-0.05, 0) is 18.6 Å². The highest BCUT2D eigenvalue weighted by molar-refractivity contribution is 5.33. The smallest absolute Gasteiger partial charge is 0.103 e. The molecule has 78 valence electrons. The summed E-state index contributed by atoms with van der Waals surface area (Å²) in [4.78, 5) is 3.11. The molecule has 1 aromatic rings. The number of aromatic nitrogens is 1. The van der Waals surface area contributed by atoms with E-state index in [0.717, 1.165) is 38.5 Å². The van der Waals surface area contributed by atoms with Gasteiger partial charge in [0.2, 0.25) is 0 Å². The standard InChI is InChI=1S/C10H17N3O/c1-2-10(12-4-1)13-5-3-9-8-14-7-6-11-9/h1-2,4,9,11-13H,3,5-8H2. The molecule has 2 rings (SSSR count). The molecular weight excluding hydrogens is 178 g/mol. The van der Waals surface area contributed by atoms with Crippen molar-refractivity contribution in [3.05, 3.63) is 18.3 Å². The van der Waals surface area contributed by atoms with Crippen LogP contribution >= 0.6 is 0 Å². The Kier molecular flexibility index (Phi) is 3.43. The number of rotatable bonds is 4. The van der Waals surface area contributed by atoms with Crippen LogP contribution in [0, 0.1) is 0 Å². The molecule has 0 aromatic carbocycles. The second-order valence-electron chi connectivity index (χ2n) is 3.53. The fraction of sp³-hybridized carbons (Fsp3) is 0.600. The number of aromatic amines is 1. The lowest BCUT2D eigenvalue weighted by Crippen LogP contribution is -2.42. The Bertz CT molecular complexity index is 242. The molecule has 0 bridgehead atoms. The second kappa shape index (κ2) is 5.02. The maximum Gasteiger partial charge on any atom is 0.103 e. The van der Waals surface area contributed by atoms with E-state index in [9.17, 15) is 0 Å². The summed E-state index contributed by atoms with van der Waals surface area (Å²) in [5.74, 6) is 1.08. The van der Waals surface area contributed by atoms with E-state index in [1.54, 1.807) is 0 Å². The van der Waals surface area contributed by atoms with Crippen LogP contribution in [0.15, 0.2) is 18.3 Å². The molecular formula is C10H17N3O. The van der Waals surface area contributed by atoms with Gasteiger partial charge in [0.1, 0.15) is 5.82 Å². The maximum absolute atomic E-state index is 5.37. The van der Waals surface area contributed by atoms with Crippen LogP contribution < -0.4 is 10.6 Å². The quantitative estimate of drug-likeness (QED) is 0.666. The minimum Gasteiger partial charge on any atom is -0.379 e. The zero-order valence-corrected chi connectivity index (χ0v) is 8.25. The summed E-state index contributed by atoms with van der Waals surface area (Å²) in [6, 6.07) is 4.53. The number of nitrogens with one attached hydrogen (secondary N) is 3. The molecule has 1 atom stereocenters. The molecule has 1 saturated heterocycles. The van der Waals surface area contributed by atoms with E-state index in [2.05, 4.69) is 15.6 Å². The summed E-state index contributed by atoms with van der Waals surface area (Å²) < 4.78 is 5.37. The van der Waals surface area contributed by atoms with Gasteiger partial charge in [-0.2, -0.15) is 0 Å². The molecule has 4 heteroatoms. The van der Waals surface area contributed by atoms with E-state index in [0.29, 0.717) is 6.04 Å². The molecule has 1 aliphatic rings. The fourth-order valence-corrected chi connectivity index (χ4v) is 1.63. The number of ether oxygens (including phenoxy) is 1. The third-order valence-electron chi connectivity index (χ3n) is 2.40. The van der Waals surface area contributed by atoms with E-state index in [1.807, 2.05) is 18.3 Å². The first-order valence-corrected chi connectivity index (χ1v) is 5.13. The van der Waals surface area contributed by atoms with Crippen LogP contribution in [-0.4, -0.2) is 37.3 Å². The van der Waals surface area contributed by atoms with Crippen LogP contribution in [0.5, 0.6) is 0 Å². The predicted octanol–water partition coefficient (Wildman–Crippen LogP) is 0.805. The van der Waals surface area contributed by atoms with Crippen molar-refractivity contribution >= 4 is 5.82 Å². The summed E-state index contributed by atoms with van der Waals surface area (Å²) in [7, 11) is 0. The molecule has 0 aliphatic carbocycles. The molecule has 2 heterocycles. The van der Waals surface area contributed by atoms with Gasteiger partial charge in [-0.1, -0.05) is 0 Å². The summed E-state index contributed by atoms with van der Waals surface area (Å²) in [5, 5.41) is 6.74.